The lowest BCUT2D eigenvalue weighted by atomic mass is 9.98. The second-order valence-electron chi connectivity index (χ2n) is 6.47. The Kier molecular flexibility index (Phi) is 6.16. The number of anilines is 2. The fraction of sp³-hybridized carbons (Fsp3) is 0.556. The van der Waals surface area contributed by atoms with Crippen LogP contribution in [0.5, 0.6) is 0 Å². The molecule has 0 bridgehead atoms. The fourth-order valence-corrected chi connectivity index (χ4v) is 3.89. The molecule has 7 nitrogen and oxygen atoms in total. The van der Waals surface area contributed by atoms with Crippen molar-refractivity contribution < 1.29 is 9.53 Å². The van der Waals surface area contributed by atoms with Crippen molar-refractivity contribution in [2.45, 2.75) is 45.6 Å². The Labute approximate surface area is 157 Å². The largest absolute Gasteiger partial charge is 0.384 e. The maximum atomic E-state index is 12.6. The van der Waals surface area contributed by atoms with Gasteiger partial charge in [0.15, 0.2) is 5.13 Å². The molecule has 1 aliphatic rings. The van der Waals surface area contributed by atoms with Gasteiger partial charge in [0.2, 0.25) is 5.91 Å². The molecule has 3 rings (SSSR count). The highest BCUT2D eigenvalue weighted by Gasteiger charge is 2.29. The number of hydrogen-bond donors (Lipinski definition) is 1. The highest BCUT2D eigenvalue weighted by molar-refractivity contribution is 7.15. The zero-order chi connectivity index (χ0) is 18.5. The van der Waals surface area contributed by atoms with Crippen LogP contribution in [0.25, 0.3) is 0 Å². The van der Waals surface area contributed by atoms with E-state index in [-0.39, 0.29) is 11.9 Å². The fourth-order valence-electron chi connectivity index (χ4n) is 3.22. The van der Waals surface area contributed by atoms with Crippen LogP contribution in [-0.2, 0) is 9.53 Å². The first-order valence-electron chi connectivity index (χ1n) is 8.90. The maximum Gasteiger partial charge on any atom is 0.225 e. The molecule has 0 radical (unpaired) electrons. The van der Waals surface area contributed by atoms with Crippen molar-refractivity contribution >= 4 is 28.2 Å². The van der Waals surface area contributed by atoms with Gasteiger partial charge in [-0.05, 0) is 33.1 Å². The van der Waals surface area contributed by atoms with Crippen LogP contribution in [-0.4, -0.2) is 46.0 Å². The lowest BCUT2D eigenvalue weighted by molar-refractivity contribution is -0.136. The molecule has 0 saturated carbocycles. The van der Waals surface area contributed by atoms with Crippen LogP contribution in [0.1, 0.15) is 48.1 Å². The molecule has 1 N–H and O–H groups in total. The highest BCUT2D eigenvalue weighted by atomic mass is 32.1. The summed E-state index contributed by atoms with van der Waals surface area (Å²) >= 11 is 1.58. The topological polar surface area (TPSA) is 80.2 Å². The molecule has 0 spiro atoms. The zero-order valence-electron chi connectivity index (χ0n) is 15.5. The number of rotatable bonds is 6. The number of nitrogens with one attached hydrogen (secondary N) is 1. The number of carbonyl (C=O) groups is 1. The van der Waals surface area contributed by atoms with E-state index in [2.05, 4.69) is 20.3 Å². The summed E-state index contributed by atoms with van der Waals surface area (Å²) in [6.07, 6.45) is 5.28. The van der Waals surface area contributed by atoms with Crippen molar-refractivity contribution in [3.63, 3.8) is 0 Å². The Hall–Kier alpha value is -2.06. The van der Waals surface area contributed by atoms with E-state index in [1.165, 1.54) is 0 Å². The molecule has 140 valence electrons. The molecule has 1 fully saturated rings. The zero-order valence-corrected chi connectivity index (χ0v) is 16.3. The number of amides is 1. The summed E-state index contributed by atoms with van der Waals surface area (Å²) in [6, 6.07) is 1.93. The second kappa shape index (κ2) is 8.55. The van der Waals surface area contributed by atoms with Gasteiger partial charge in [0.25, 0.3) is 0 Å². The summed E-state index contributed by atoms with van der Waals surface area (Å²) in [6.45, 7) is 5.11. The molecule has 26 heavy (non-hydrogen) atoms. The van der Waals surface area contributed by atoms with Gasteiger partial charge < -0.3 is 15.0 Å². The smallest absolute Gasteiger partial charge is 0.225 e. The standard InChI is InChI=1S/C18H25N5O2S/c1-12-11-19-18(26-12)22-16-10-14(20-13(2)21-16)15-6-4-5-8-23(15)17(24)7-9-25-3/h10-11,15H,4-9H2,1-3H3,(H,19,20,21,22)/t15-/m1/s1. The summed E-state index contributed by atoms with van der Waals surface area (Å²) in [4.78, 5) is 29.1. The summed E-state index contributed by atoms with van der Waals surface area (Å²) in [5.41, 5.74) is 0.888. The van der Waals surface area contributed by atoms with Gasteiger partial charge in [0.05, 0.1) is 24.8 Å². The number of methoxy groups -OCH3 is 1. The van der Waals surface area contributed by atoms with Gasteiger partial charge in [-0.1, -0.05) is 0 Å². The number of nitrogens with zero attached hydrogens (tertiary/aromatic N) is 4. The quantitative estimate of drug-likeness (QED) is 0.834. The number of hydrogen-bond acceptors (Lipinski definition) is 7. The van der Waals surface area contributed by atoms with Crippen molar-refractivity contribution in [2.75, 3.05) is 25.6 Å². The van der Waals surface area contributed by atoms with Crippen LogP contribution in [0.4, 0.5) is 10.9 Å². The third-order valence-corrected chi connectivity index (χ3v) is 5.23. The monoisotopic (exact) mass is 375 g/mol. The van der Waals surface area contributed by atoms with Crippen molar-refractivity contribution in [1.29, 1.82) is 0 Å². The van der Waals surface area contributed by atoms with Gasteiger partial charge >= 0.3 is 0 Å². The number of thiazole rings is 1. The van der Waals surface area contributed by atoms with Crippen LogP contribution < -0.4 is 5.32 Å². The van der Waals surface area contributed by atoms with Crippen molar-refractivity contribution in [2.24, 2.45) is 0 Å². The number of piperidine rings is 1. The lowest BCUT2D eigenvalue weighted by Gasteiger charge is -2.35. The van der Waals surface area contributed by atoms with E-state index in [1.807, 2.05) is 31.0 Å². The second-order valence-corrected chi connectivity index (χ2v) is 7.70. The first kappa shape index (κ1) is 18.7. The molecule has 1 saturated heterocycles. The van der Waals surface area contributed by atoms with E-state index < -0.39 is 0 Å². The normalized spacial score (nSPS) is 17.3. The number of aromatic nitrogens is 3. The number of aryl methyl sites for hydroxylation is 2. The summed E-state index contributed by atoms with van der Waals surface area (Å²) in [5, 5.41) is 4.06. The van der Waals surface area contributed by atoms with E-state index in [0.29, 0.717) is 18.9 Å². The predicted octanol–water partition coefficient (Wildman–Crippen LogP) is 3.38. The molecule has 2 aromatic heterocycles. The molecule has 0 unspecified atom stereocenters. The molecule has 1 amide bonds. The summed E-state index contributed by atoms with van der Waals surface area (Å²) < 4.78 is 5.06. The van der Waals surface area contributed by atoms with Crippen molar-refractivity contribution in [1.82, 2.24) is 19.9 Å². The van der Waals surface area contributed by atoms with Gasteiger partial charge in [-0.15, -0.1) is 11.3 Å². The van der Waals surface area contributed by atoms with Crippen LogP contribution in [0, 0.1) is 13.8 Å². The van der Waals surface area contributed by atoms with Crippen molar-refractivity contribution in [3.8, 4) is 0 Å². The molecule has 0 aromatic carbocycles. The van der Waals surface area contributed by atoms with E-state index in [0.717, 1.165) is 47.3 Å². The molecule has 0 aliphatic carbocycles. The lowest BCUT2D eigenvalue weighted by Crippen LogP contribution is -2.39. The minimum absolute atomic E-state index is 0.00612. The van der Waals surface area contributed by atoms with Gasteiger partial charge in [-0.2, -0.15) is 0 Å². The minimum atomic E-state index is -0.00612. The Morgan fingerprint density at radius 1 is 1.38 bits per heavy atom. The third kappa shape index (κ3) is 4.56. The predicted molar refractivity (Wildman–Crippen MR) is 102 cm³/mol. The number of carbonyl (C=O) groups excluding carboxylic acids is 1. The first-order chi connectivity index (χ1) is 12.6. The van der Waals surface area contributed by atoms with Gasteiger partial charge in [-0.3, -0.25) is 4.79 Å². The van der Waals surface area contributed by atoms with E-state index in [1.54, 1.807) is 18.4 Å². The van der Waals surface area contributed by atoms with Crippen LogP contribution in [0.15, 0.2) is 12.3 Å². The molecular weight excluding hydrogens is 350 g/mol. The van der Waals surface area contributed by atoms with E-state index in [9.17, 15) is 4.79 Å². The molecule has 1 aliphatic heterocycles. The number of likely N-dealkylation sites (tertiary alicyclic amines) is 1. The van der Waals surface area contributed by atoms with Crippen LogP contribution in [0.3, 0.4) is 0 Å². The maximum absolute atomic E-state index is 12.6. The van der Waals surface area contributed by atoms with Crippen LogP contribution >= 0.6 is 11.3 Å². The molecule has 1 atom stereocenters. The Balaban J connectivity index is 1.82. The molecule has 8 heteroatoms. The SMILES string of the molecule is COCCC(=O)N1CCCC[C@@H]1c1cc(Nc2ncc(C)s2)nc(C)n1. The summed E-state index contributed by atoms with van der Waals surface area (Å²) in [5.74, 6) is 1.53. The number of ether oxygens (including phenoxy) is 1. The third-order valence-electron chi connectivity index (χ3n) is 4.40. The average Bonchev–Trinajstić information content (AvgIpc) is 3.04. The molecule has 2 aromatic rings. The Morgan fingerprint density at radius 2 is 2.23 bits per heavy atom. The molecular formula is C18H25N5O2S. The van der Waals surface area contributed by atoms with Gasteiger partial charge in [0.1, 0.15) is 11.6 Å². The minimum Gasteiger partial charge on any atom is -0.384 e. The Bertz CT molecular complexity index is 764. The van der Waals surface area contributed by atoms with Gasteiger partial charge in [-0.25, -0.2) is 15.0 Å². The van der Waals surface area contributed by atoms with Crippen LogP contribution in [0.2, 0.25) is 0 Å². The van der Waals surface area contributed by atoms with E-state index in [4.69, 9.17) is 4.74 Å². The Morgan fingerprint density at radius 3 is 2.96 bits per heavy atom. The summed E-state index contributed by atoms with van der Waals surface area (Å²) in [7, 11) is 1.62. The average molecular weight is 375 g/mol. The van der Waals surface area contributed by atoms with Crippen molar-refractivity contribution in [3.05, 3.63) is 28.7 Å². The first-order valence-corrected chi connectivity index (χ1v) is 9.72. The van der Waals surface area contributed by atoms with Gasteiger partial charge in [0, 0.05) is 30.8 Å². The molecule has 3 heterocycles. The van der Waals surface area contributed by atoms with E-state index >= 15 is 0 Å². The highest BCUT2D eigenvalue weighted by Crippen LogP contribution is 2.32.